The molecule has 0 aromatic rings. The zero-order valence-corrected chi connectivity index (χ0v) is 29.0. The van der Waals surface area contributed by atoms with E-state index in [0.29, 0.717) is 50.4 Å². The zero-order chi connectivity index (χ0) is 34.1. The number of carboxylic acids is 1. The molecule has 0 aromatic heterocycles. The summed E-state index contributed by atoms with van der Waals surface area (Å²) >= 11 is 0. The summed E-state index contributed by atoms with van der Waals surface area (Å²) < 4.78 is 48.7. The fourth-order valence-electron chi connectivity index (χ4n) is 9.65. The van der Waals surface area contributed by atoms with Crippen molar-refractivity contribution in [3.05, 3.63) is 23.3 Å². The molecule has 46 heavy (non-hydrogen) atoms. The molecule has 260 valence electrons. The number of allylic oxidation sites excluding steroid dienone is 2. The van der Waals surface area contributed by atoms with Crippen molar-refractivity contribution in [3.63, 3.8) is 0 Å². The number of aliphatic hydroxyl groups is 1. The van der Waals surface area contributed by atoms with Crippen LogP contribution in [0.25, 0.3) is 0 Å². The number of hydrogen-bond donors (Lipinski definition) is 4. The maximum absolute atomic E-state index is 13.2. The smallest absolute Gasteiger partial charge is 0.397 e. The van der Waals surface area contributed by atoms with Gasteiger partial charge in [0.25, 0.3) is 0 Å². The first kappa shape index (κ1) is 35.5. The lowest BCUT2D eigenvalue weighted by Crippen LogP contribution is -2.59. The highest BCUT2D eigenvalue weighted by Gasteiger charge is 2.78. The van der Waals surface area contributed by atoms with E-state index in [1.807, 2.05) is 0 Å². The minimum atomic E-state index is -4.84. The normalized spacial score (nSPS) is 39.7. The second-order valence-electron chi connectivity index (χ2n) is 15.6. The van der Waals surface area contributed by atoms with Gasteiger partial charge in [0.2, 0.25) is 0 Å². The number of epoxide rings is 1. The Hall–Kier alpha value is -1.83. The molecule has 0 radical (unpaired) electrons. The molecule has 1 spiro atoms. The SMILES string of the molecule is CC(C)[C@@H](C)/C=C/[C@H](C)[C@H]1CCC2=C3[C@@H](O)C4OC45C[C@@H](OC(=O)[C@@H](N)[C@@H](OS(=O)(=O)O)C(C)C)CC[C@]5(C)[C@H]3CC[C@@]21C(=O)O. The fraction of sp³-hybridized carbons (Fsp3) is 0.824. The van der Waals surface area contributed by atoms with Crippen LogP contribution in [-0.2, 0) is 33.6 Å². The molecule has 3 saturated carbocycles. The maximum Gasteiger partial charge on any atom is 0.397 e. The van der Waals surface area contributed by atoms with Crippen molar-refractivity contribution in [2.75, 3.05) is 0 Å². The quantitative estimate of drug-likeness (QED) is 0.106. The number of aliphatic carboxylic acids is 1. The second kappa shape index (κ2) is 12.2. The van der Waals surface area contributed by atoms with Crippen molar-refractivity contribution in [1.29, 1.82) is 0 Å². The Kier molecular flexibility index (Phi) is 9.45. The van der Waals surface area contributed by atoms with E-state index >= 15 is 0 Å². The molecule has 5 rings (SSSR count). The number of aliphatic hydroxyl groups excluding tert-OH is 1. The molecule has 4 aliphatic carbocycles. The Morgan fingerprint density at radius 2 is 1.72 bits per heavy atom. The molecular weight excluding hydrogens is 614 g/mol. The van der Waals surface area contributed by atoms with Crippen molar-refractivity contribution in [1.82, 2.24) is 0 Å². The third kappa shape index (κ3) is 5.68. The highest BCUT2D eigenvalue weighted by Crippen LogP contribution is 2.72. The standard InChI is InChI=1S/C34H53NO10S/c1-17(2)19(5)8-9-20(6)22-10-11-24-25-23(13-15-33(22,24)31(38)39)32(7)14-12-21(16-34(32)29(44-34)27(25)36)43-30(37)26(35)28(18(3)4)45-46(40,41)42/h8-9,17-23,26-29,36H,10-16,35H2,1-7H3,(H,38,39)(H,40,41,42)/b9-8+/t19-,20-,21-,22+,23-,26-,27+,28-,29?,32+,33-,34?/m0/s1. The minimum Gasteiger partial charge on any atom is -0.481 e. The Balaban J connectivity index is 1.38. The number of carbonyl (C=O) groups is 2. The molecule has 11 nitrogen and oxygen atoms in total. The van der Waals surface area contributed by atoms with Crippen molar-refractivity contribution in [2.24, 2.45) is 52.1 Å². The summed E-state index contributed by atoms with van der Waals surface area (Å²) in [5, 5.41) is 22.7. The molecule has 0 aromatic carbocycles. The summed E-state index contributed by atoms with van der Waals surface area (Å²) in [5.41, 5.74) is 5.68. The third-order valence-corrected chi connectivity index (χ3v) is 13.1. The van der Waals surface area contributed by atoms with Crippen LogP contribution in [0.1, 0.15) is 93.4 Å². The van der Waals surface area contributed by atoms with Gasteiger partial charge in [-0.05, 0) is 79.6 Å². The number of carboxylic acid groups (broad SMARTS) is 1. The maximum atomic E-state index is 13.2. The first-order valence-corrected chi connectivity index (χ1v) is 18.3. The molecule has 0 amide bonds. The topological polar surface area (TPSA) is 186 Å². The number of nitrogens with two attached hydrogens (primary N) is 1. The van der Waals surface area contributed by atoms with E-state index in [2.05, 4.69) is 51.0 Å². The summed E-state index contributed by atoms with van der Waals surface area (Å²) in [6.45, 7) is 14.1. The van der Waals surface area contributed by atoms with Gasteiger partial charge < -0.3 is 25.4 Å². The lowest BCUT2D eigenvalue weighted by molar-refractivity contribution is -0.160. The number of esters is 1. The van der Waals surface area contributed by atoms with Gasteiger partial charge in [-0.1, -0.05) is 66.2 Å². The van der Waals surface area contributed by atoms with Crippen LogP contribution in [-0.4, -0.2) is 71.2 Å². The number of carbonyl (C=O) groups excluding carboxylic acids is 1. The van der Waals surface area contributed by atoms with Gasteiger partial charge in [-0.25, -0.2) is 4.18 Å². The largest absolute Gasteiger partial charge is 0.481 e. The van der Waals surface area contributed by atoms with Crippen LogP contribution in [0.2, 0.25) is 0 Å². The molecule has 5 aliphatic rings. The molecule has 1 aliphatic heterocycles. The second-order valence-corrected chi connectivity index (χ2v) is 16.7. The Bertz CT molecular complexity index is 1390. The number of rotatable bonds is 11. The van der Waals surface area contributed by atoms with Gasteiger partial charge in [-0.2, -0.15) is 8.42 Å². The number of ether oxygens (including phenoxy) is 2. The summed E-state index contributed by atoms with van der Waals surface area (Å²) in [6, 6.07) is -1.44. The summed E-state index contributed by atoms with van der Waals surface area (Å²) in [6.07, 6.45) is 5.08. The van der Waals surface area contributed by atoms with E-state index in [0.717, 1.165) is 17.6 Å². The van der Waals surface area contributed by atoms with Crippen LogP contribution in [0.4, 0.5) is 0 Å². The minimum absolute atomic E-state index is 0.0540. The van der Waals surface area contributed by atoms with E-state index in [1.54, 1.807) is 13.8 Å². The lowest BCUT2D eigenvalue weighted by atomic mass is 9.47. The van der Waals surface area contributed by atoms with Gasteiger partial charge in [-0.15, -0.1) is 0 Å². The zero-order valence-electron chi connectivity index (χ0n) is 28.1. The first-order valence-electron chi connectivity index (χ1n) is 16.9. The van der Waals surface area contributed by atoms with E-state index in [-0.39, 0.29) is 23.2 Å². The predicted molar refractivity (Wildman–Crippen MR) is 170 cm³/mol. The molecule has 0 bridgehead atoms. The summed E-state index contributed by atoms with van der Waals surface area (Å²) in [4.78, 5) is 26.3. The van der Waals surface area contributed by atoms with Gasteiger partial charge in [0.15, 0.2) is 0 Å². The predicted octanol–water partition coefficient (Wildman–Crippen LogP) is 4.44. The Labute approximate surface area is 273 Å². The number of fused-ring (bicyclic) bond motifs is 3. The molecular formula is C34H53NO10S. The average Bonchev–Trinajstić information content (AvgIpc) is 3.56. The van der Waals surface area contributed by atoms with Crippen molar-refractivity contribution in [3.8, 4) is 0 Å². The van der Waals surface area contributed by atoms with Crippen molar-refractivity contribution >= 4 is 22.3 Å². The van der Waals surface area contributed by atoms with E-state index in [9.17, 15) is 32.8 Å². The Morgan fingerprint density at radius 1 is 1.04 bits per heavy atom. The monoisotopic (exact) mass is 667 g/mol. The van der Waals surface area contributed by atoms with Crippen LogP contribution in [0.5, 0.6) is 0 Å². The van der Waals surface area contributed by atoms with Gasteiger partial charge in [0.05, 0.1) is 5.41 Å². The van der Waals surface area contributed by atoms with Crippen LogP contribution >= 0.6 is 0 Å². The summed E-state index contributed by atoms with van der Waals surface area (Å²) in [5.74, 6) is -1.29. The average molecular weight is 668 g/mol. The molecule has 5 N–H and O–H groups in total. The van der Waals surface area contributed by atoms with E-state index in [4.69, 9.17) is 15.2 Å². The number of hydrogen-bond acceptors (Lipinski definition) is 9. The highest BCUT2D eigenvalue weighted by atomic mass is 32.3. The molecule has 1 heterocycles. The van der Waals surface area contributed by atoms with Crippen LogP contribution in [0.15, 0.2) is 23.3 Å². The highest BCUT2D eigenvalue weighted by molar-refractivity contribution is 7.80. The van der Waals surface area contributed by atoms with E-state index < -0.39 is 69.7 Å². The lowest BCUT2D eigenvalue weighted by Gasteiger charge is -2.55. The molecule has 12 heteroatoms. The Morgan fingerprint density at radius 3 is 2.30 bits per heavy atom. The fourth-order valence-corrected chi connectivity index (χ4v) is 10.3. The van der Waals surface area contributed by atoms with Crippen LogP contribution in [0, 0.1) is 46.3 Å². The van der Waals surface area contributed by atoms with Crippen molar-refractivity contribution < 1.29 is 46.4 Å². The van der Waals surface area contributed by atoms with Gasteiger partial charge in [0, 0.05) is 11.8 Å². The molecule has 2 unspecified atom stereocenters. The van der Waals surface area contributed by atoms with Gasteiger partial charge in [-0.3, -0.25) is 14.1 Å². The molecule has 12 atom stereocenters. The van der Waals surface area contributed by atoms with E-state index in [1.165, 1.54) is 0 Å². The third-order valence-electron chi connectivity index (χ3n) is 12.6. The molecule has 4 fully saturated rings. The summed E-state index contributed by atoms with van der Waals surface area (Å²) in [7, 11) is -4.84. The first-order chi connectivity index (χ1) is 21.3. The van der Waals surface area contributed by atoms with Crippen LogP contribution < -0.4 is 5.73 Å². The van der Waals surface area contributed by atoms with Gasteiger partial charge in [0.1, 0.15) is 36.1 Å². The van der Waals surface area contributed by atoms with Crippen molar-refractivity contribution in [2.45, 2.75) is 129 Å². The molecule has 1 saturated heterocycles. The van der Waals surface area contributed by atoms with Gasteiger partial charge >= 0.3 is 22.3 Å². The van der Waals surface area contributed by atoms with Crippen LogP contribution in [0.3, 0.4) is 0 Å².